The largest absolute Gasteiger partial charge is 0.478 e. The fourth-order valence-corrected chi connectivity index (χ4v) is 2.60. The van der Waals surface area contributed by atoms with Crippen LogP contribution in [0, 0.1) is 13.8 Å². The fraction of sp³-hybridized carbons (Fsp3) is 0.133. The molecule has 2 aromatic carbocycles. The summed E-state index contributed by atoms with van der Waals surface area (Å²) in [5, 5.41) is 9.77. The Balaban J connectivity index is 2.63. The summed E-state index contributed by atoms with van der Waals surface area (Å²) in [6, 6.07) is 9.08. The van der Waals surface area contributed by atoms with Crippen LogP contribution in [-0.4, -0.2) is 11.1 Å². The zero-order valence-electron chi connectivity index (χ0n) is 10.5. The van der Waals surface area contributed by atoms with Gasteiger partial charge in [0.05, 0.1) is 5.56 Å². The number of benzene rings is 2. The highest BCUT2D eigenvalue weighted by atomic mass is 79.9. The van der Waals surface area contributed by atoms with Crippen LogP contribution in [0.15, 0.2) is 34.8 Å². The second-order valence-electron chi connectivity index (χ2n) is 4.42. The van der Waals surface area contributed by atoms with Crippen molar-refractivity contribution in [2.24, 2.45) is 0 Å². The van der Waals surface area contributed by atoms with Crippen molar-refractivity contribution in [3.05, 3.63) is 56.5 Å². The van der Waals surface area contributed by atoms with Gasteiger partial charge in [0.1, 0.15) is 0 Å². The topological polar surface area (TPSA) is 37.3 Å². The summed E-state index contributed by atoms with van der Waals surface area (Å²) in [5.74, 6) is -0.964. The highest BCUT2D eigenvalue weighted by molar-refractivity contribution is 9.10. The number of halogens is 2. The van der Waals surface area contributed by atoms with E-state index in [1.165, 1.54) is 0 Å². The van der Waals surface area contributed by atoms with Crippen LogP contribution in [0.2, 0.25) is 5.02 Å². The van der Waals surface area contributed by atoms with Crippen molar-refractivity contribution in [3.8, 4) is 11.1 Å². The van der Waals surface area contributed by atoms with Crippen LogP contribution in [0.3, 0.4) is 0 Å². The van der Waals surface area contributed by atoms with Gasteiger partial charge >= 0.3 is 5.97 Å². The number of aromatic carboxylic acids is 1. The monoisotopic (exact) mass is 338 g/mol. The summed E-state index contributed by atoms with van der Waals surface area (Å²) < 4.78 is 0.559. The molecule has 0 radical (unpaired) electrons. The molecule has 0 fully saturated rings. The van der Waals surface area contributed by atoms with Gasteiger partial charge in [-0.15, -0.1) is 0 Å². The first kappa shape index (κ1) is 14.1. The van der Waals surface area contributed by atoms with E-state index in [2.05, 4.69) is 15.9 Å². The van der Waals surface area contributed by atoms with Gasteiger partial charge in [0.2, 0.25) is 0 Å². The summed E-state index contributed by atoms with van der Waals surface area (Å²) >= 11 is 9.48. The molecule has 2 rings (SSSR count). The maximum atomic E-state index is 11.1. The lowest BCUT2D eigenvalue weighted by Crippen LogP contribution is -1.98. The summed E-state index contributed by atoms with van der Waals surface area (Å²) in [6.45, 7) is 4.00. The standard InChI is InChI=1S/C15H12BrClO2/c1-8-5-11(14(17)6-9(8)2)10-3-4-13(16)12(7-10)15(18)19/h3-7H,1-2H3,(H,18,19). The molecule has 19 heavy (non-hydrogen) atoms. The Kier molecular flexibility index (Phi) is 3.97. The van der Waals surface area contributed by atoms with Crippen molar-refractivity contribution in [2.45, 2.75) is 13.8 Å². The Morgan fingerprint density at radius 2 is 1.79 bits per heavy atom. The van der Waals surface area contributed by atoms with Crippen molar-refractivity contribution in [1.29, 1.82) is 0 Å². The second kappa shape index (κ2) is 5.35. The van der Waals surface area contributed by atoms with Gasteiger partial charge in [0.15, 0.2) is 0 Å². The third kappa shape index (κ3) is 2.82. The first-order chi connectivity index (χ1) is 8.90. The molecule has 0 spiro atoms. The van der Waals surface area contributed by atoms with Gasteiger partial charge in [-0.25, -0.2) is 4.79 Å². The Labute approximate surface area is 125 Å². The molecule has 0 aliphatic heterocycles. The number of carboxylic acids is 1. The van der Waals surface area contributed by atoms with E-state index in [1.807, 2.05) is 32.0 Å². The van der Waals surface area contributed by atoms with Crippen LogP contribution in [0.25, 0.3) is 11.1 Å². The zero-order valence-corrected chi connectivity index (χ0v) is 12.8. The molecule has 0 amide bonds. The van der Waals surface area contributed by atoms with Gasteiger partial charge in [-0.2, -0.15) is 0 Å². The molecule has 0 unspecified atom stereocenters. The summed E-state index contributed by atoms with van der Waals surface area (Å²) in [7, 11) is 0. The molecule has 0 aromatic heterocycles. The Bertz CT molecular complexity index is 665. The van der Waals surface area contributed by atoms with Crippen LogP contribution < -0.4 is 0 Å². The van der Waals surface area contributed by atoms with E-state index in [4.69, 9.17) is 16.7 Å². The van der Waals surface area contributed by atoms with Crippen molar-refractivity contribution in [1.82, 2.24) is 0 Å². The van der Waals surface area contributed by atoms with E-state index in [-0.39, 0.29) is 5.56 Å². The maximum absolute atomic E-state index is 11.1. The third-order valence-corrected chi connectivity index (χ3v) is 4.10. The maximum Gasteiger partial charge on any atom is 0.336 e. The molecule has 0 saturated heterocycles. The summed E-state index contributed by atoms with van der Waals surface area (Å²) in [4.78, 5) is 11.1. The highest BCUT2D eigenvalue weighted by Gasteiger charge is 2.12. The van der Waals surface area contributed by atoms with Crippen LogP contribution in [0.1, 0.15) is 21.5 Å². The molecule has 0 heterocycles. The molecule has 0 atom stereocenters. The molecular formula is C15H12BrClO2. The number of rotatable bonds is 2. The van der Waals surface area contributed by atoms with E-state index >= 15 is 0 Å². The second-order valence-corrected chi connectivity index (χ2v) is 5.68. The van der Waals surface area contributed by atoms with Gasteiger partial charge < -0.3 is 5.11 Å². The van der Waals surface area contributed by atoms with Crippen LogP contribution in [-0.2, 0) is 0 Å². The van der Waals surface area contributed by atoms with E-state index in [9.17, 15) is 4.79 Å². The van der Waals surface area contributed by atoms with Gasteiger partial charge in [0.25, 0.3) is 0 Å². The molecule has 0 aliphatic carbocycles. The summed E-state index contributed by atoms with van der Waals surface area (Å²) in [5.41, 5.74) is 4.11. The number of hydrogen-bond donors (Lipinski definition) is 1. The number of hydrogen-bond acceptors (Lipinski definition) is 1. The first-order valence-electron chi connectivity index (χ1n) is 5.70. The van der Waals surface area contributed by atoms with Gasteiger partial charge in [-0.05, 0) is 70.7 Å². The highest BCUT2D eigenvalue weighted by Crippen LogP contribution is 2.32. The molecular weight excluding hydrogens is 328 g/mol. The van der Waals surface area contributed by atoms with Crippen LogP contribution in [0.4, 0.5) is 0 Å². The third-order valence-electron chi connectivity index (χ3n) is 3.09. The Morgan fingerprint density at radius 1 is 1.16 bits per heavy atom. The van der Waals surface area contributed by atoms with Crippen molar-refractivity contribution in [3.63, 3.8) is 0 Å². The summed E-state index contributed by atoms with van der Waals surface area (Å²) in [6.07, 6.45) is 0. The molecule has 0 bridgehead atoms. The molecule has 0 saturated carbocycles. The predicted molar refractivity (Wildman–Crippen MR) is 81.0 cm³/mol. The van der Waals surface area contributed by atoms with E-state index in [0.717, 1.165) is 22.3 Å². The molecule has 2 aromatic rings. The van der Waals surface area contributed by atoms with Gasteiger partial charge in [-0.1, -0.05) is 17.7 Å². The zero-order chi connectivity index (χ0) is 14.2. The minimum Gasteiger partial charge on any atom is -0.478 e. The number of carbonyl (C=O) groups is 1. The fourth-order valence-electron chi connectivity index (χ4n) is 1.86. The number of carboxylic acid groups (broad SMARTS) is 1. The van der Waals surface area contributed by atoms with Crippen molar-refractivity contribution in [2.75, 3.05) is 0 Å². The van der Waals surface area contributed by atoms with Crippen LogP contribution in [0.5, 0.6) is 0 Å². The van der Waals surface area contributed by atoms with Crippen LogP contribution >= 0.6 is 27.5 Å². The average molecular weight is 340 g/mol. The van der Waals surface area contributed by atoms with Crippen molar-refractivity contribution < 1.29 is 9.90 Å². The predicted octanol–water partition coefficient (Wildman–Crippen LogP) is 5.08. The smallest absolute Gasteiger partial charge is 0.336 e. The average Bonchev–Trinajstić information content (AvgIpc) is 2.34. The normalized spacial score (nSPS) is 10.5. The van der Waals surface area contributed by atoms with E-state index < -0.39 is 5.97 Å². The number of aryl methyl sites for hydroxylation is 2. The quantitative estimate of drug-likeness (QED) is 0.828. The molecule has 1 N–H and O–H groups in total. The molecule has 4 heteroatoms. The first-order valence-corrected chi connectivity index (χ1v) is 6.87. The SMILES string of the molecule is Cc1cc(Cl)c(-c2ccc(Br)c(C(=O)O)c2)cc1C. The van der Waals surface area contributed by atoms with Gasteiger partial charge in [0, 0.05) is 15.1 Å². The Morgan fingerprint density at radius 3 is 2.42 bits per heavy atom. The molecule has 0 aliphatic rings. The molecule has 98 valence electrons. The molecule has 2 nitrogen and oxygen atoms in total. The van der Waals surface area contributed by atoms with Gasteiger partial charge in [-0.3, -0.25) is 0 Å². The van der Waals surface area contributed by atoms with E-state index in [1.54, 1.807) is 12.1 Å². The minimum atomic E-state index is -0.964. The Hall–Kier alpha value is -1.32. The van der Waals surface area contributed by atoms with E-state index in [0.29, 0.717) is 9.50 Å². The van der Waals surface area contributed by atoms with Crippen molar-refractivity contribution >= 4 is 33.5 Å². The lowest BCUT2D eigenvalue weighted by Gasteiger charge is -2.10. The lowest BCUT2D eigenvalue weighted by atomic mass is 9.99. The lowest BCUT2D eigenvalue weighted by molar-refractivity contribution is 0.0696. The minimum absolute atomic E-state index is 0.229.